The molecule has 3 rings (SSSR count). The number of benzene rings is 3. The second-order valence-electron chi connectivity index (χ2n) is 5.87. The quantitative estimate of drug-likeness (QED) is 0.742. The Kier molecular flexibility index (Phi) is 4.62. The molecule has 0 aliphatic carbocycles. The van der Waals surface area contributed by atoms with Gasteiger partial charge in [-0.15, -0.1) is 0 Å². The number of carbonyl (C=O) groups excluding carboxylic acids is 1. The Bertz CT molecular complexity index is 839. The first kappa shape index (κ1) is 15.8. The van der Waals surface area contributed by atoms with E-state index in [-0.39, 0.29) is 11.7 Å². The number of aromatic hydroxyl groups is 1. The fraction of sp³-hybridized carbons (Fsp3) is 0.0952. The lowest BCUT2D eigenvalue weighted by atomic mass is 10.0. The highest BCUT2D eigenvalue weighted by Crippen LogP contribution is 2.19. The molecule has 0 aromatic heterocycles. The van der Waals surface area contributed by atoms with E-state index >= 15 is 0 Å². The maximum Gasteiger partial charge on any atom is 0.255 e. The number of rotatable bonds is 4. The zero-order valence-electron chi connectivity index (χ0n) is 13.5. The van der Waals surface area contributed by atoms with Gasteiger partial charge in [-0.3, -0.25) is 4.79 Å². The maximum absolute atomic E-state index is 12.3. The second-order valence-corrected chi connectivity index (χ2v) is 5.87. The van der Waals surface area contributed by atoms with Crippen LogP contribution in [0.5, 0.6) is 5.75 Å². The highest BCUT2D eigenvalue weighted by Gasteiger charge is 2.07. The van der Waals surface area contributed by atoms with Crippen molar-refractivity contribution >= 4 is 11.6 Å². The Balaban J connectivity index is 1.78. The minimum absolute atomic E-state index is 0.114. The lowest BCUT2D eigenvalue weighted by Crippen LogP contribution is -2.12. The summed E-state index contributed by atoms with van der Waals surface area (Å²) in [6, 6.07) is 22.4. The minimum atomic E-state index is -0.114. The smallest absolute Gasteiger partial charge is 0.255 e. The second kappa shape index (κ2) is 7.01. The Labute approximate surface area is 141 Å². The molecule has 120 valence electrons. The van der Waals surface area contributed by atoms with E-state index in [1.807, 2.05) is 49.4 Å². The Morgan fingerprint density at radius 1 is 0.917 bits per heavy atom. The molecule has 0 fully saturated rings. The van der Waals surface area contributed by atoms with Crippen LogP contribution >= 0.6 is 0 Å². The Morgan fingerprint density at radius 3 is 2.33 bits per heavy atom. The molecule has 3 nitrogen and oxygen atoms in total. The summed E-state index contributed by atoms with van der Waals surface area (Å²) in [5.74, 6) is 0.149. The van der Waals surface area contributed by atoms with Gasteiger partial charge in [0.15, 0.2) is 0 Å². The molecule has 0 saturated carbocycles. The molecule has 24 heavy (non-hydrogen) atoms. The topological polar surface area (TPSA) is 49.3 Å². The van der Waals surface area contributed by atoms with E-state index in [2.05, 4.69) is 11.4 Å². The summed E-state index contributed by atoms with van der Waals surface area (Å²) in [7, 11) is 0. The van der Waals surface area contributed by atoms with Crippen molar-refractivity contribution in [1.82, 2.24) is 0 Å². The van der Waals surface area contributed by atoms with Gasteiger partial charge in [-0.25, -0.2) is 0 Å². The zero-order chi connectivity index (χ0) is 16.9. The molecule has 3 heteroatoms. The van der Waals surface area contributed by atoms with Crippen LogP contribution in [0.1, 0.15) is 27.0 Å². The molecule has 0 unspecified atom stereocenters. The first-order valence-electron chi connectivity index (χ1n) is 7.85. The van der Waals surface area contributed by atoms with Crippen molar-refractivity contribution < 1.29 is 9.90 Å². The molecule has 0 aliphatic heterocycles. The normalized spacial score (nSPS) is 10.4. The van der Waals surface area contributed by atoms with Crippen LogP contribution in [-0.4, -0.2) is 11.0 Å². The zero-order valence-corrected chi connectivity index (χ0v) is 13.5. The summed E-state index contributed by atoms with van der Waals surface area (Å²) in [5.41, 5.74) is 4.74. The summed E-state index contributed by atoms with van der Waals surface area (Å²) >= 11 is 0. The third-order valence-corrected chi connectivity index (χ3v) is 3.78. The van der Waals surface area contributed by atoms with Crippen molar-refractivity contribution in [3.63, 3.8) is 0 Å². The van der Waals surface area contributed by atoms with Crippen LogP contribution in [0.3, 0.4) is 0 Å². The predicted molar refractivity (Wildman–Crippen MR) is 96.5 cm³/mol. The SMILES string of the molecule is Cc1cc(Cc2ccc(O)cc2)cc(NC(=O)c2ccccc2)c1. The van der Waals surface area contributed by atoms with Crippen molar-refractivity contribution in [1.29, 1.82) is 0 Å². The number of carbonyl (C=O) groups is 1. The number of hydrogen-bond donors (Lipinski definition) is 2. The first-order chi connectivity index (χ1) is 11.6. The Hall–Kier alpha value is -3.07. The van der Waals surface area contributed by atoms with Gasteiger partial charge in [-0.1, -0.05) is 36.4 Å². The maximum atomic E-state index is 12.3. The van der Waals surface area contributed by atoms with Crippen LogP contribution in [0.15, 0.2) is 72.8 Å². The van der Waals surface area contributed by atoms with Crippen LogP contribution in [0, 0.1) is 6.92 Å². The van der Waals surface area contributed by atoms with Crippen molar-refractivity contribution in [2.75, 3.05) is 5.32 Å². The summed E-state index contributed by atoms with van der Waals surface area (Å²) in [4.78, 5) is 12.3. The molecular formula is C21H19NO2. The highest BCUT2D eigenvalue weighted by atomic mass is 16.3. The van der Waals surface area contributed by atoms with Crippen molar-refractivity contribution in [3.8, 4) is 5.75 Å². The molecule has 3 aromatic carbocycles. The molecule has 3 aromatic rings. The van der Waals surface area contributed by atoms with Crippen LogP contribution in [0.25, 0.3) is 0 Å². The van der Waals surface area contributed by atoms with E-state index in [1.54, 1.807) is 24.3 Å². The van der Waals surface area contributed by atoms with Crippen LogP contribution < -0.4 is 5.32 Å². The highest BCUT2D eigenvalue weighted by molar-refractivity contribution is 6.04. The van der Waals surface area contributed by atoms with E-state index in [0.717, 1.165) is 28.8 Å². The van der Waals surface area contributed by atoms with Gasteiger partial charge < -0.3 is 10.4 Å². The molecule has 0 bridgehead atoms. The van der Waals surface area contributed by atoms with Gasteiger partial charge in [-0.05, 0) is 66.4 Å². The van der Waals surface area contributed by atoms with Crippen LogP contribution in [0.4, 0.5) is 5.69 Å². The molecule has 0 heterocycles. The molecule has 0 radical (unpaired) electrons. The number of nitrogens with one attached hydrogen (secondary N) is 1. The van der Waals surface area contributed by atoms with Gasteiger partial charge in [0.1, 0.15) is 5.75 Å². The number of aryl methyl sites for hydroxylation is 1. The Morgan fingerprint density at radius 2 is 1.62 bits per heavy atom. The third kappa shape index (κ3) is 4.02. The summed E-state index contributed by atoms with van der Waals surface area (Å²) < 4.78 is 0. The number of phenolic OH excluding ortho intramolecular Hbond substituents is 1. The molecular weight excluding hydrogens is 298 g/mol. The van der Waals surface area contributed by atoms with Crippen LogP contribution in [0.2, 0.25) is 0 Å². The van der Waals surface area contributed by atoms with Gasteiger partial charge in [0.05, 0.1) is 0 Å². The predicted octanol–water partition coefficient (Wildman–Crippen LogP) is 4.54. The van der Waals surface area contributed by atoms with Crippen LogP contribution in [-0.2, 0) is 6.42 Å². The number of phenols is 1. The summed E-state index contributed by atoms with van der Waals surface area (Å²) in [6.45, 7) is 2.01. The average molecular weight is 317 g/mol. The fourth-order valence-corrected chi connectivity index (χ4v) is 2.68. The summed E-state index contributed by atoms with van der Waals surface area (Å²) in [5, 5.41) is 12.3. The van der Waals surface area contributed by atoms with Crippen molar-refractivity contribution in [2.24, 2.45) is 0 Å². The first-order valence-corrected chi connectivity index (χ1v) is 7.85. The minimum Gasteiger partial charge on any atom is -0.508 e. The molecule has 0 spiro atoms. The number of anilines is 1. The van der Waals surface area contributed by atoms with E-state index in [0.29, 0.717) is 5.56 Å². The third-order valence-electron chi connectivity index (χ3n) is 3.78. The molecule has 0 atom stereocenters. The average Bonchev–Trinajstić information content (AvgIpc) is 2.57. The molecule has 2 N–H and O–H groups in total. The van der Waals surface area contributed by atoms with E-state index in [1.165, 1.54) is 0 Å². The lowest BCUT2D eigenvalue weighted by Gasteiger charge is -2.10. The van der Waals surface area contributed by atoms with Crippen molar-refractivity contribution in [3.05, 3.63) is 95.1 Å². The fourth-order valence-electron chi connectivity index (χ4n) is 2.68. The van der Waals surface area contributed by atoms with Gasteiger partial charge in [0.25, 0.3) is 5.91 Å². The van der Waals surface area contributed by atoms with Gasteiger partial charge in [-0.2, -0.15) is 0 Å². The molecule has 0 aliphatic rings. The van der Waals surface area contributed by atoms with Gasteiger partial charge in [0, 0.05) is 11.3 Å². The lowest BCUT2D eigenvalue weighted by molar-refractivity contribution is 0.102. The van der Waals surface area contributed by atoms with E-state index < -0.39 is 0 Å². The van der Waals surface area contributed by atoms with E-state index in [9.17, 15) is 9.90 Å². The van der Waals surface area contributed by atoms with Crippen molar-refractivity contribution in [2.45, 2.75) is 13.3 Å². The van der Waals surface area contributed by atoms with Gasteiger partial charge in [0.2, 0.25) is 0 Å². The molecule has 0 saturated heterocycles. The van der Waals surface area contributed by atoms with E-state index in [4.69, 9.17) is 0 Å². The molecule has 1 amide bonds. The number of amides is 1. The number of hydrogen-bond acceptors (Lipinski definition) is 2. The standard InChI is InChI=1S/C21H19NO2/c1-15-11-17(13-16-7-9-20(23)10-8-16)14-19(12-15)22-21(24)18-5-3-2-4-6-18/h2-12,14,23H,13H2,1H3,(H,22,24). The monoisotopic (exact) mass is 317 g/mol. The van der Waals surface area contributed by atoms with Gasteiger partial charge >= 0.3 is 0 Å². The summed E-state index contributed by atoms with van der Waals surface area (Å²) in [6.07, 6.45) is 0.746. The largest absolute Gasteiger partial charge is 0.508 e.